The van der Waals surface area contributed by atoms with E-state index in [2.05, 4.69) is 4.90 Å². The third kappa shape index (κ3) is 3.99. The Morgan fingerprint density at radius 2 is 2.00 bits per heavy atom. The molecule has 0 radical (unpaired) electrons. The van der Waals surface area contributed by atoms with E-state index in [-0.39, 0.29) is 12.6 Å². The Morgan fingerprint density at radius 1 is 1.50 bits per heavy atom. The molecule has 0 fully saturated rings. The van der Waals surface area contributed by atoms with Gasteiger partial charge in [-0.2, -0.15) is 0 Å². The molecule has 72 valence electrons. The Labute approximate surface area is 79.5 Å². The molecule has 0 aliphatic heterocycles. The molecule has 2 atom stereocenters. The number of hydrogen-bond donors (Lipinski definition) is 2. The SMILES string of the molecule is CC(CO)N(C)C(C)CC(N)=S. The molecule has 4 heteroatoms. The van der Waals surface area contributed by atoms with Gasteiger partial charge in [-0.25, -0.2) is 0 Å². The minimum absolute atomic E-state index is 0.161. The molecular formula is C8H18N2OS. The number of rotatable bonds is 5. The fourth-order valence-electron chi connectivity index (χ4n) is 0.998. The van der Waals surface area contributed by atoms with Crippen molar-refractivity contribution in [2.24, 2.45) is 5.73 Å². The zero-order valence-electron chi connectivity index (χ0n) is 7.95. The predicted molar refractivity (Wildman–Crippen MR) is 55.2 cm³/mol. The summed E-state index contributed by atoms with van der Waals surface area (Å²) in [5.74, 6) is 0. The minimum atomic E-state index is 0.161. The molecule has 0 aromatic carbocycles. The van der Waals surface area contributed by atoms with Gasteiger partial charge in [0.2, 0.25) is 0 Å². The van der Waals surface area contributed by atoms with Crippen molar-refractivity contribution in [2.75, 3.05) is 13.7 Å². The zero-order chi connectivity index (χ0) is 9.72. The van der Waals surface area contributed by atoms with Crippen molar-refractivity contribution in [1.29, 1.82) is 0 Å². The van der Waals surface area contributed by atoms with E-state index in [1.807, 2.05) is 20.9 Å². The molecule has 0 amide bonds. The van der Waals surface area contributed by atoms with Crippen molar-refractivity contribution in [2.45, 2.75) is 32.4 Å². The molecule has 0 aliphatic rings. The summed E-state index contributed by atoms with van der Waals surface area (Å²) < 4.78 is 0. The number of aliphatic hydroxyl groups is 1. The minimum Gasteiger partial charge on any atom is -0.395 e. The first-order valence-electron chi connectivity index (χ1n) is 4.10. The molecule has 0 saturated heterocycles. The van der Waals surface area contributed by atoms with Gasteiger partial charge in [0, 0.05) is 18.5 Å². The van der Waals surface area contributed by atoms with Gasteiger partial charge in [0.1, 0.15) is 0 Å². The second kappa shape index (κ2) is 5.45. The summed E-state index contributed by atoms with van der Waals surface area (Å²) in [5.41, 5.74) is 5.42. The summed E-state index contributed by atoms with van der Waals surface area (Å²) in [6, 6.07) is 0.457. The Kier molecular flexibility index (Phi) is 5.37. The maximum absolute atomic E-state index is 8.88. The lowest BCUT2D eigenvalue weighted by Crippen LogP contribution is -2.40. The van der Waals surface area contributed by atoms with Crippen molar-refractivity contribution in [3.8, 4) is 0 Å². The number of likely N-dealkylation sites (N-methyl/N-ethyl adjacent to an activating group) is 1. The normalized spacial score (nSPS) is 16.1. The van der Waals surface area contributed by atoms with Crippen LogP contribution in [0.1, 0.15) is 20.3 Å². The van der Waals surface area contributed by atoms with Crippen molar-refractivity contribution in [3.05, 3.63) is 0 Å². The number of aliphatic hydroxyl groups excluding tert-OH is 1. The topological polar surface area (TPSA) is 49.5 Å². The second-order valence-corrected chi connectivity index (χ2v) is 3.74. The average molecular weight is 190 g/mol. The highest BCUT2D eigenvalue weighted by Gasteiger charge is 2.15. The molecule has 0 aliphatic carbocycles. The van der Waals surface area contributed by atoms with Gasteiger partial charge in [-0.15, -0.1) is 0 Å². The molecule has 0 bridgehead atoms. The van der Waals surface area contributed by atoms with E-state index in [0.717, 1.165) is 0 Å². The first kappa shape index (κ1) is 11.8. The van der Waals surface area contributed by atoms with Gasteiger partial charge in [0.15, 0.2) is 0 Å². The largest absolute Gasteiger partial charge is 0.395 e. The predicted octanol–water partition coefficient (Wildman–Crippen LogP) is 0.364. The smallest absolute Gasteiger partial charge is 0.0742 e. The van der Waals surface area contributed by atoms with Crippen LogP contribution in [0.25, 0.3) is 0 Å². The van der Waals surface area contributed by atoms with Crippen molar-refractivity contribution >= 4 is 17.2 Å². The molecule has 3 N–H and O–H groups in total. The molecule has 0 aromatic heterocycles. The Balaban J connectivity index is 3.91. The van der Waals surface area contributed by atoms with Crippen LogP contribution in [0.3, 0.4) is 0 Å². The highest BCUT2D eigenvalue weighted by Crippen LogP contribution is 2.05. The van der Waals surface area contributed by atoms with Crippen LogP contribution in [-0.4, -0.2) is 40.7 Å². The number of hydrogen-bond acceptors (Lipinski definition) is 3. The van der Waals surface area contributed by atoms with E-state index in [9.17, 15) is 0 Å². The van der Waals surface area contributed by atoms with Crippen LogP contribution in [0.5, 0.6) is 0 Å². The van der Waals surface area contributed by atoms with Gasteiger partial charge in [-0.1, -0.05) is 12.2 Å². The molecule has 0 heterocycles. The lowest BCUT2D eigenvalue weighted by atomic mass is 10.2. The van der Waals surface area contributed by atoms with Gasteiger partial charge in [0.25, 0.3) is 0 Å². The summed E-state index contributed by atoms with van der Waals surface area (Å²) in [6.45, 7) is 4.18. The maximum Gasteiger partial charge on any atom is 0.0742 e. The molecular weight excluding hydrogens is 172 g/mol. The Morgan fingerprint density at radius 3 is 2.33 bits per heavy atom. The van der Waals surface area contributed by atoms with Gasteiger partial charge in [-0.05, 0) is 20.9 Å². The number of nitrogens with two attached hydrogens (primary N) is 1. The summed E-state index contributed by atoms with van der Waals surface area (Å²) in [6.07, 6.45) is 0.705. The number of thiocarbonyl (C=S) groups is 1. The maximum atomic E-state index is 8.88. The quantitative estimate of drug-likeness (QED) is 0.615. The first-order valence-corrected chi connectivity index (χ1v) is 4.51. The van der Waals surface area contributed by atoms with E-state index in [1.165, 1.54) is 0 Å². The van der Waals surface area contributed by atoms with Gasteiger partial charge < -0.3 is 10.8 Å². The average Bonchev–Trinajstić information content (AvgIpc) is 2.00. The summed E-state index contributed by atoms with van der Waals surface area (Å²) in [5, 5.41) is 8.88. The fraction of sp³-hybridized carbons (Fsp3) is 0.875. The lowest BCUT2D eigenvalue weighted by Gasteiger charge is -2.29. The van der Waals surface area contributed by atoms with Crippen LogP contribution in [0.4, 0.5) is 0 Å². The monoisotopic (exact) mass is 190 g/mol. The van der Waals surface area contributed by atoms with Crippen LogP contribution in [0, 0.1) is 0 Å². The van der Waals surface area contributed by atoms with E-state index in [0.29, 0.717) is 17.5 Å². The molecule has 0 rings (SSSR count). The van der Waals surface area contributed by atoms with Crippen molar-refractivity contribution in [1.82, 2.24) is 4.90 Å². The second-order valence-electron chi connectivity index (χ2n) is 3.22. The molecule has 12 heavy (non-hydrogen) atoms. The Hall–Kier alpha value is -0.190. The van der Waals surface area contributed by atoms with Gasteiger partial charge in [-0.3, -0.25) is 4.90 Å². The first-order chi connectivity index (χ1) is 5.49. The van der Waals surface area contributed by atoms with Crippen molar-refractivity contribution in [3.63, 3.8) is 0 Å². The van der Waals surface area contributed by atoms with E-state index >= 15 is 0 Å². The standard InChI is InChI=1S/C8H18N2OS/c1-6(4-8(9)12)10(3)7(2)5-11/h6-7,11H,4-5H2,1-3H3,(H2,9,12). The van der Waals surface area contributed by atoms with Crippen LogP contribution in [0.15, 0.2) is 0 Å². The third-order valence-electron chi connectivity index (χ3n) is 2.15. The molecule has 0 spiro atoms. The van der Waals surface area contributed by atoms with E-state index in [1.54, 1.807) is 0 Å². The van der Waals surface area contributed by atoms with E-state index in [4.69, 9.17) is 23.1 Å². The van der Waals surface area contributed by atoms with Gasteiger partial charge in [0.05, 0.1) is 11.6 Å². The molecule has 2 unspecified atom stereocenters. The highest BCUT2D eigenvalue weighted by molar-refractivity contribution is 7.80. The van der Waals surface area contributed by atoms with Crippen LogP contribution < -0.4 is 5.73 Å². The fourth-order valence-corrected chi connectivity index (χ4v) is 1.24. The molecule has 0 aromatic rings. The Bertz CT molecular complexity index is 152. The summed E-state index contributed by atoms with van der Waals surface area (Å²) >= 11 is 4.80. The summed E-state index contributed by atoms with van der Waals surface area (Å²) in [4.78, 5) is 2.60. The highest BCUT2D eigenvalue weighted by atomic mass is 32.1. The molecule has 0 saturated carbocycles. The van der Waals surface area contributed by atoms with Gasteiger partial charge >= 0.3 is 0 Å². The third-order valence-corrected chi connectivity index (χ3v) is 2.32. The lowest BCUT2D eigenvalue weighted by molar-refractivity contribution is 0.129. The van der Waals surface area contributed by atoms with Crippen molar-refractivity contribution < 1.29 is 5.11 Å². The van der Waals surface area contributed by atoms with Crippen LogP contribution >= 0.6 is 12.2 Å². The zero-order valence-corrected chi connectivity index (χ0v) is 8.77. The molecule has 3 nitrogen and oxygen atoms in total. The van der Waals surface area contributed by atoms with Crippen LogP contribution in [0.2, 0.25) is 0 Å². The summed E-state index contributed by atoms with van der Waals surface area (Å²) in [7, 11) is 1.96. The van der Waals surface area contributed by atoms with Crippen LogP contribution in [-0.2, 0) is 0 Å². The van der Waals surface area contributed by atoms with E-state index < -0.39 is 0 Å². The number of nitrogens with zero attached hydrogens (tertiary/aromatic N) is 1.